The number of nitrogens with two attached hydrogens (primary N) is 1. The van der Waals surface area contributed by atoms with Crippen LogP contribution in [0.2, 0.25) is 0 Å². The van der Waals surface area contributed by atoms with Gasteiger partial charge in [0.05, 0.1) is 0 Å². The third kappa shape index (κ3) is 2.86. The van der Waals surface area contributed by atoms with Gasteiger partial charge < -0.3 is 5.73 Å². The number of hydrogen-bond acceptors (Lipinski definition) is 3. The summed E-state index contributed by atoms with van der Waals surface area (Å²) in [7, 11) is 0. The fraction of sp³-hybridized carbons (Fsp3) is 0.571. The van der Waals surface area contributed by atoms with E-state index in [2.05, 4.69) is 55.9 Å². The number of hydrogen-bond donors (Lipinski definition) is 3. The fourth-order valence-corrected chi connectivity index (χ4v) is 2.21. The Hall–Kier alpha value is -0.900. The molecule has 3 nitrogen and oxygen atoms in total. The largest absolute Gasteiger partial charge is 0.329 e. The normalized spacial score (nSPS) is 25.2. The SMILES string of the molecule is CC(C)(C)c1ccc(C2CC(CN)NN2)cc1. The molecule has 2 atom stereocenters. The molecule has 0 saturated carbocycles. The van der Waals surface area contributed by atoms with Gasteiger partial charge >= 0.3 is 0 Å². The molecule has 4 N–H and O–H groups in total. The van der Waals surface area contributed by atoms with Crippen LogP contribution in [0.15, 0.2) is 24.3 Å². The summed E-state index contributed by atoms with van der Waals surface area (Å²) in [4.78, 5) is 0. The summed E-state index contributed by atoms with van der Waals surface area (Å²) in [5.41, 5.74) is 15.1. The smallest absolute Gasteiger partial charge is 0.0478 e. The molecule has 1 aliphatic rings. The van der Waals surface area contributed by atoms with Gasteiger partial charge in [0, 0.05) is 18.6 Å². The first-order chi connectivity index (χ1) is 8.00. The quantitative estimate of drug-likeness (QED) is 0.730. The predicted molar refractivity (Wildman–Crippen MR) is 71.6 cm³/mol. The molecule has 0 aromatic heterocycles. The van der Waals surface area contributed by atoms with Crippen molar-refractivity contribution in [3.8, 4) is 0 Å². The molecule has 0 spiro atoms. The summed E-state index contributed by atoms with van der Waals surface area (Å²) in [6.45, 7) is 7.40. The molecule has 0 aliphatic carbocycles. The lowest BCUT2D eigenvalue weighted by Crippen LogP contribution is -2.35. The van der Waals surface area contributed by atoms with Gasteiger partial charge in [-0.15, -0.1) is 0 Å². The van der Waals surface area contributed by atoms with Crippen molar-refractivity contribution in [2.45, 2.75) is 44.7 Å². The molecule has 3 heteroatoms. The van der Waals surface area contributed by atoms with Gasteiger partial charge in [-0.3, -0.25) is 5.43 Å². The monoisotopic (exact) mass is 233 g/mol. The minimum Gasteiger partial charge on any atom is -0.329 e. The standard InChI is InChI=1S/C14H23N3/c1-14(2,3)11-6-4-10(5-7-11)13-8-12(9-15)16-17-13/h4-7,12-13,16-17H,8-9,15H2,1-3H3. The summed E-state index contributed by atoms with van der Waals surface area (Å²) in [6.07, 6.45) is 1.06. The van der Waals surface area contributed by atoms with E-state index in [1.165, 1.54) is 11.1 Å². The lowest BCUT2D eigenvalue weighted by atomic mass is 9.86. The van der Waals surface area contributed by atoms with Crippen LogP contribution in [0, 0.1) is 0 Å². The second-order valence-electron chi connectivity index (χ2n) is 5.88. The van der Waals surface area contributed by atoms with Crippen molar-refractivity contribution in [1.82, 2.24) is 10.9 Å². The molecule has 94 valence electrons. The van der Waals surface area contributed by atoms with Crippen molar-refractivity contribution in [3.05, 3.63) is 35.4 Å². The Morgan fingerprint density at radius 1 is 1.18 bits per heavy atom. The highest BCUT2D eigenvalue weighted by Gasteiger charge is 2.24. The van der Waals surface area contributed by atoms with Crippen LogP contribution < -0.4 is 16.6 Å². The molecule has 0 amide bonds. The zero-order valence-electron chi connectivity index (χ0n) is 11.0. The topological polar surface area (TPSA) is 50.1 Å². The summed E-state index contributed by atoms with van der Waals surface area (Å²) in [5.74, 6) is 0. The van der Waals surface area contributed by atoms with Crippen LogP contribution in [-0.2, 0) is 5.41 Å². The van der Waals surface area contributed by atoms with Crippen LogP contribution in [0.4, 0.5) is 0 Å². The Morgan fingerprint density at radius 2 is 1.82 bits per heavy atom. The van der Waals surface area contributed by atoms with Crippen LogP contribution >= 0.6 is 0 Å². The van der Waals surface area contributed by atoms with E-state index in [1.807, 2.05) is 0 Å². The summed E-state index contributed by atoms with van der Waals surface area (Å²) in [5, 5.41) is 0. The van der Waals surface area contributed by atoms with E-state index in [1.54, 1.807) is 0 Å². The Kier molecular flexibility index (Phi) is 3.52. The van der Waals surface area contributed by atoms with Gasteiger partial charge in [0.1, 0.15) is 0 Å². The van der Waals surface area contributed by atoms with Gasteiger partial charge in [-0.25, -0.2) is 5.43 Å². The van der Waals surface area contributed by atoms with E-state index in [-0.39, 0.29) is 5.41 Å². The van der Waals surface area contributed by atoms with E-state index in [9.17, 15) is 0 Å². The van der Waals surface area contributed by atoms with Crippen LogP contribution in [0.3, 0.4) is 0 Å². The predicted octanol–water partition coefficient (Wildman–Crippen LogP) is 1.85. The minimum atomic E-state index is 0.222. The van der Waals surface area contributed by atoms with Gasteiger partial charge in [0.15, 0.2) is 0 Å². The maximum Gasteiger partial charge on any atom is 0.0478 e. The van der Waals surface area contributed by atoms with Crippen molar-refractivity contribution in [2.24, 2.45) is 5.73 Å². The van der Waals surface area contributed by atoms with Crippen molar-refractivity contribution in [2.75, 3.05) is 6.54 Å². The lowest BCUT2D eigenvalue weighted by Gasteiger charge is -2.20. The van der Waals surface area contributed by atoms with E-state index in [0.717, 1.165) is 6.42 Å². The number of nitrogens with one attached hydrogen (secondary N) is 2. The van der Waals surface area contributed by atoms with Crippen LogP contribution in [0.25, 0.3) is 0 Å². The minimum absolute atomic E-state index is 0.222. The zero-order chi connectivity index (χ0) is 12.5. The van der Waals surface area contributed by atoms with Crippen LogP contribution in [0.5, 0.6) is 0 Å². The first-order valence-electron chi connectivity index (χ1n) is 6.32. The van der Waals surface area contributed by atoms with E-state index >= 15 is 0 Å². The number of hydrazine groups is 1. The Labute approximate surface area is 104 Å². The fourth-order valence-electron chi connectivity index (χ4n) is 2.21. The molecule has 1 aliphatic heterocycles. The molecule has 1 saturated heterocycles. The average Bonchev–Trinajstić information content (AvgIpc) is 2.76. The third-order valence-corrected chi connectivity index (χ3v) is 3.45. The zero-order valence-corrected chi connectivity index (χ0v) is 11.0. The first-order valence-corrected chi connectivity index (χ1v) is 6.32. The summed E-state index contributed by atoms with van der Waals surface area (Å²) >= 11 is 0. The molecule has 0 radical (unpaired) electrons. The van der Waals surface area contributed by atoms with E-state index < -0.39 is 0 Å². The van der Waals surface area contributed by atoms with Gasteiger partial charge in [-0.05, 0) is 23.0 Å². The molecule has 1 fully saturated rings. The van der Waals surface area contributed by atoms with Crippen LogP contribution in [-0.4, -0.2) is 12.6 Å². The van der Waals surface area contributed by atoms with Crippen molar-refractivity contribution in [1.29, 1.82) is 0 Å². The van der Waals surface area contributed by atoms with Crippen molar-refractivity contribution < 1.29 is 0 Å². The van der Waals surface area contributed by atoms with Gasteiger partial charge in [-0.2, -0.15) is 0 Å². The molecular weight excluding hydrogens is 210 g/mol. The second-order valence-corrected chi connectivity index (χ2v) is 5.88. The highest BCUT2D eigenvalue weighted by Crippen LogP contribution is 2.26. The van der Waals surface area contributed by atoms with Crippen molar-refractivity contribution >= 4 is 0 Å². The van der Waals surface area contributed by atoms with Gasteiger partial charge in [-0.1, -0.05) is 45.0 Å². The van der Waals surface area contributed by atoms with E-state index in [4.69, 9.17) is 5.73 Å². The molecular formula is C14H23N3. The molecule has 17 heavy (non-hydrogen) atoms. The molecule has 2 rings (SSSR count). The second kappa shape index (κ2) is 4.77. The highest BCUT2D eigenvalue weighted by molar-refractivity contribution is 5.29. The molecule has 1 aromatic rings. The molecule has 2 unspecified atom stereocenters. The van der Waals surface area contributed by atoms with Crippen molar-refractivity contribution in [3.63, 3.8) is 0 Å². The Balaban J connectivity index is 2.09. The summed E-state index contributed by atoms with van der Waals surface area (Å²) < 4.78 is 0. The Bertz CT molecular complexity index is 364. The Morgan fingerprint density at radius 3 is 2.29 bits per heavy atom. The molecule has 0 bridgehead atoms. The number of benzene rings is 1. The first kappa shape index (κ1) is 12.6. The highest BCUT2D eigenvalue weighted by atomic mass is 15.4. The number of rotatable bonds is 2. The molecule has 1 heterocycles. The maximum atomic E-state index is 5.65. The molecule has 1 aromatic carbocycles. The van der Waals surface area contributed by atoms with Gasteiger partial charge in [0.25, 0.3) is 0 Å². The third-order valence-electron chi connectivity index (χ3n) is 3.45. The van der Waals surface area contributed by atoms with Gasteiger partial charge in [0.2, 0.25) is 0 Å². The average molecular weight is 233 g/mol. The van der Waals surface area contributed by atoms with Crippen LogP contribution in [0.1, 0.15) is 44.4 Å². The maximum absolute atomic E-state index is 5.65. The lowest BCUT2D eigenvalue weighted by molar-refractivity contribution is 0.546. The van der Waals surface area contributed by atoms with E-state index in [0.29, 0.717) is 18.6 Å². The summed E-state index contributed by atoms with van der Waals surface area (Å²) in [6, 6.07) is 9.68.